The Labute approximate surface area is 194 Å². The zero-order chi connectivity index (χ0) is 22.3. The number of aryl methyl sites for hydroxylation is 1. The molecule has 2 heterocycles. The van der Waals surface area contributed by atoms with E-state index in [-0.39, 0.29) is 4.90 Å². The molecule has 1 saturated heterocycles. The SMILES string of the molecule is CC1CCN(S(=O)(=O)c2ccc(C(=O)N=c3sc4ccc(Cl)c(Cl)c4n3C)cc2)CC1. The van der Waals surface area contributed by atoms with Gasteiger partial charge in [-0.15, -0.1) is 0 Å². The van der Waals surface area contributed by atoms with E-state index >= 15 is 0 Å². The summed E-state index contributed by atoms with van der Waals surface area (Å²) in [4.78, 5) is 17.6. The van der Waals surface area contributed by atoms with Crippen LogP contribution in [0.15, 0.2) is 46.3 Å². The number of carbonyl (C=O) groups is 1. The number of aromatic nitrogens is 1. The molecule has 3 aromatic rings. The van der Waals surface area contributed by atoms with E-state index in [2.05, 4.69) is 11.9 Å². The first kappa shape index (κ1) is 22.5. The number of rotatable bonds is 3. The van der Waals surface area contributed by atoms with E-state index in [4.69, 9.17) is 23.2 Å². The highest BCUT2D eigenvalue weighted by molar-refractivity contribution is 7.89. The largest absolute Gasteiger partial charge is 0.318 e. The summed E-state index contributed by atoms with van der Waals surface area (Å²) in [5, 5.41) is 0.842. The van der Waals surface area contributed by atoms with Crippen LogP contribution in [0.4, 0.5) is 0 Å². The lowest BCUT2D eigenvalue weighted by Crippen LogP contribution is -2.37. The first-order chi connectivity index (χ1) is 14.7. The Hall–Kier alpha value is -1.71. The Balaban J connectivity index is 1.61. The van der Waals surface area contributed by atoms with Gasteiger partial charge in [-0.05, 0) is 55.2 Å². The summed E-state index contributed by atoms with van der Waals surface area (Å²) in [5.74, 6) is 0.0781. The van der Waals surface area contributed by atoms with Gasteiger partial charge >= 0.3 is 0 Å². The number of fused-ring (bicyclic) bond motifs is 1. The highest BCUT2D eigenvalue weighted by Gasteiger charge is 2.28. The molecule has 2 aromatic carbocycles. The zero-order valence-corrected chi connectivity index (χ0v) is 20.2. The summed E-state index contributed by atoms with van der Waals surface area (Å²) in [6.45, 7) is 3.18. The van der Waals surface area contributed by atoms with Crippen LogP contribution in [0, 0.1) is 5.92 Å². The quantitative estimate of drug-likeness (QED) is 0.525. The van der Waals surface area contributed by atoms with Crippen molar-refractivity contribution in [1.29, 1.82) is 0 Å². The highest BCUT2D eigenvalue weighted by Crippen LogP contribution is 2.31. The van der Waals surface area contributed by atoms with Crippen molar-refractivity contribution in [2.45, 2.75) is 24.7 Å². The molecule has 0 aliphatic carbocycles. The predicted octanol–water partition coefficient (Wildman–Crippen LogP) is 4.71. The number of thiazole rings is 1. The summed E-state index contributed by atoms with van der Waals surface area (Å²) in [6, 6.07) is 9.48. The van der Waals surface area contributed by atoms with Crippen molar-refractivity contribution in [3.63, 3.8) is 0 Å². The third-order valence-corrected chi connectivity index (χ3v) is 9.34. The van der Waals surface area contributed by atoms with Crippen molar-refractivity contribution < 1.29 is 13.2 Å². The van der Waals surface area contributed by atoms with Gasteiger partial charge in [0.25, 0.3) is 5.91 Å². The molecule has 0 saturated carbocycles. The number of carbonyl (C=O) groups excluding carboxylic acids is 1. The number of hydrogen-bond donors (Lipinski definition) is 0. The number of halogens is 2. The maximum atomic E-state index is 12.9. The first-order valence-corrected chi connectivity index (χ1v) is 12.8. The lowest BCUT2D eigenvalue weighted by Gasteiger charge is -2.29. The van der Waals surface area contributed by atoms with Gasteiger partial charge in [0.2, 0.25) is 10.0 Å². The normalized spacial score (nSPS) is 16.8. The molecule has 164 valence electrons. The maximum absolute atomic E-state index is 12.9. The van der Waals surface area contributed by atoms with Gasteiger partial charge in [-0.25, -0.2) is 8.42 Å². The molecule has 1 fully saturated rings. The van der Waals surface area contributed by atoms with E-state index < -0.39 is 15.9 Å². The average Bonchev–Trinajstić information content (AvgIpc) is 3.07. The molecule has 1 aliphatic rings. The molecule has 10 heteroatoms. The van der Waals surface area contributed by atoms with Crippen LogP contribution in [0.5, 0.6) is 0 Å². The first-order valence-electron chi connectivity index (χ1n) is 9.81. The standard InChI is InChI=1S/C21H21Cl2N3O3S2/c1-13-9-11-26(12-10-13)31(28,29)15-5-3-14(4-6-15)20(27)24-21-25(2)19-17(30-21)8-7-16(22)18(19)23/h3-8,13H,9-12H2,1-2H3. The Kier molecular flexibility index (Phi) is 6.29. The van der Waals surface area contributed by atoms with Crippen LogP contribution in [-0.4, -0.2) is 36.3 Å². The molecular formula is C21H21Cl2N3O3S2. The molecule has 0 N–H and O–H groups in total. The lowest BCUT2D eigenvalue weighted by atomic mass is 10.0. The smallest absolute Gasteiger partial charge is 0.279 e. The van der Waals surface area contributed by atoms with Crippen LogP contribution < -0.4 is 4.80 Å². The van der Waals surface area contributed by atoms with Gasteiger partial charge in [-0.1, -0.05) is 41.5 Å². The molecule has 0 bridgehead atoms. The van der Waals surface area contributed by atoms with E-state index in [9.17, 15) is 13.2 Å². The van der Waals surface area contributed by atoms with E-state index in [1.165, 1.54) is 39.9 Å². The minimum atomic E-state index is -3.56. The minimum absolute atomic E-state index is 0.187. The van der Waals surface area contributed by atoms with Gasteiger partial charge in [0.05, 0.1) is 25.2 Å². The Morgan fingerprint density at radius 3 is 2.39 bits per heavy atom. The lowest BCUT2D eigenvalue weighted by molar-refractivity contribution is 0.0998. The fourth-order valence-electron chi connectivity index (χ4n) is 3.57. The predicted molar refractivity (Wildman–Crippen MR) is 124 cm³/mol. The second kappa shape index (κ2) is 8.67. The van der Waals surface area contributed by atoms with Crippen LogP contribution in [0.25, 0.3) is 10.2 Å². The molecule has 0 spiro atoms. The van der Waals surface area contributed by atoms with Crippen molar-refractivity contribution in [3.8, 4) is 0 Å². The number of sulfonamides is 1. The Bertz CT molecular complexity index is 1320. The topological polar surface area (TPSA) is 71.7 Å². The fourth-order valence-corrected chi connectivity index (χ4v) is 6.57. The van der Waals surface area contributed by atoms with Gasteiger partial charge in [0, 0.05) is 25.7 Å². The minimum Gasteiger partial charge on any atom is -0.318 e. The number of piperidine rings is 1. The fraction of sp³-hybridized carbons (Fsp3) is 0.333. The number of nitrogens with zero attached hydrogens (tertiary/aromatic N) is 3. The van der Waals surface area contributed by atoms with E-state index in [0.29, 0.717) is 44.9 Å². The van der Waals surface area contributed by atoms with Crippen LogP contribution in [0.3, 0.4) is 0 Å². The molecule has 0 radical (unpaired) electrons. The van der Waals surface area contributed by atoms with E-state index in [1.807, 2.05) is 6.07 Å². The monoisotopic (exact) mass is 497 g/mol. The Morgan fingerprint density at radius 2 is 1.74 bits per heavy atom. The van der Waals surface area contributed by atoms with E-state index in [1.54, 1.807) is 17.7 Å². The van der Waals surface area contributed by atoms with Crippen molar-refractivity contribution in [2.75, 3.05) is 13.1 Å². The van der Waals surface area contributed by atoms with E-state index in [0.717, 1.165) is 17.5 Å². The summed E-state index contributed by atoms with van der Waals surface area (Å²) in [5.41, 5.74) is 1.02. The van der Waals surface area contributed by atoms with Crippen molar-refractivity contribution >= 4 is 60.7 Å². The van der Waals surface area contributed by atoms with Crippen LogP contribution in [0.1, 0.15) is 30.1 Å². The summed E-state index contributed by atoms with van der Waals surface area (Å²) >= 11 is 13.7. The molecule has 0 unspecified atom stereocenters. The summed E-state index contributed by atoms with van der Waals surface area (Å²) in [7, 11) is -1.79. The zero-order valence-electron chi connectivity index (χ0n) is 17.0. The molecular weight excluding hydrogens is 477 g/mol. The van der Waals surface area contributed by atoms with Gasteiger partial charge in [0.1, 0.15) is 0 Å². The average molecular weight is 498 g/mol. The summed E-state index contributed by atoms with van der Waals surface area (Å²) in [6.07, 6.45) is 1.71. The van der Waals surface area contributed by atoms with Gasteiger partial charge in [-0.2, -0.15) is 9.30 Å². The van der Waals surface area contributed by atoms with Crippen LogP contribution in [-0.2, 0) is 17.1 Å². The van der Waals surface area contributed by atoms with Gasteiger partial charge in [0.15, 0.2) is 4.80 Å². The molecule has 1 aliphatic heterocycles. The van der Waals surface area contributed by atoms with Crippen molar-refractivity contribution in [2.24, 2.45) is 18.0 Å². The second-order valence-corrected chi connectivity index (χ2v) is 11.4. The number of benzene rings is 2. The van der Waals surface area contributed by atoms with Crippen LogP contribution >= 0.6 is 34.5 Å². The molecule has 4 rings (SSSR count). The number of hydrogen-bond acceptors (Lipinski definition) is 4. The molecule has 0 atom stereocenters. The maximum Gasteiger partial charge on any atom is 0.279 e. The molecule has 31 heavy (non-hydrogen) atoms. The molecule has 6 nitrogen and oxygen atoms in total. The summed E-state index contributed by atoms with van der Waals surface area (Å²) < 4.78 is 29.8. The third-order valence-electron chi connectivity index (χ3n) is 5.53. The van der Waals surface area contributed by atoms with Crippen LogP contribution in [0.2, 0.25) is 10.0 Å². The van der Waals surface area contributed by atoms with Gasteiger partial charge in [-0.3, -0.25) is 4.79 Å². The Morgan fingerprint density at radius 1 is 1.10 bits per heavy atom. The molecule has 1 aromatic heterocycles. The molecule has 1 amide bonds. The third kappa shape index (κ3) is 4.32. The van der Waals surface area contributed by atoms with Crippen molar-refractivity contribution in [3.05, 3.63) is 56.8 Å². The highest BCUT2D eigenvalue weighted by atomic mass is 35.5. The number of amides is 1. The van der Waals surface area contributed by atoms with Gasteiger partial charge < -0.3 is 4.57 Å². The second-order valence-electron chi connectivity index (χ2n) is 7.68. The van der Waals surface area contributed by atoms with Crippen molar-refractivity contribution in [1.82, 2.24) is 8.87 Å².